The van der Waals surface area contributed by atoms with Crippen molar-refractivity contribution in [1.29, 1.82) is 0 Å². The second kappa shape index (κ2) is 7.97. The molecule has 1 aromatic carbocycles. The molecule has 0 saturated carbocycles. The zero-order valence-electron chi connectivity index (χ0n) is 14.5. The van der Waals surface area contributed by atoms with Gasteiger partial charge in [-0.2, -0.15) is 5.10 Å². The third-order valence-electron chi connectivity index (χ3n) is 4.84. The van der Waals surface area contributed by atoms with E-state index in [-0.39, 0.29) is 30.2 Å². The van der Waals surface area contributed by atoms with Gasteiger partial charge in [0.15, 0.2) is 0 Å². The number of rotatable bonds is 4. The van der Waals surface area contributed by atoms with Gasteiger partial charge in [-0.3, -0.25) is 9.48 Å². The molecule has 1 aliphatic heterocycles. The zero-order chi connectivity index (χ0) is 17.2. The first-order chi connectivity index (χ1) is 11.5. The van der Waals surface area contributed by atoms with Gasteiger partial charge in [-0.1, -0.05) is 12.1 Å². The minimum atomic E-state index is -0.688. The lowest BCUT2D eigenvalue weighted by Gasteiger charge is -2.37. The lowest BCUT2D eigenvalue weighted by molar-refractivity contribution is -0.132. The molecule has 3 rings (SSSR count). The summed E-state index contributed by atoms with van der Waals surface area (Å²) in [6.07, 6.45) is 4.88. The SMILES string of the molecule is Cc1ccc(C(C)NC(=O)C2(n3cccn3)CCNCC2)cc1F.Cl. The van der Waals surface area contributed by atoms with Crippen LogP contribution in [-0.4, -0.2) is 28.8 Å². The molecule has 5 nitrogen and oxygen atoms in total. The Morgan fingerprint density at radius 3 is 2.72 bits per heavy atom. The van der Waals surface area contributed by atoms with E-state index in [1.807, 2.05) is 25.3 Å². The monoisotopic (exact) mass is 366 g/mol. The van der Waals surface area contributed by atoms with Crippen LogP contribution in [-0.2, 0) is 10.3 Å². The van der Waals surface area contributed by atoms with Gasteiger partial charge in [0, 0.05) is 12.4 Å². The van der Waals surface area contributed by atoms with Crippen molar-refractivity contribution in [1.82, 2.24) is 20.4 Å². The van der Waals surface area contributed by atoms with Crippen molar-refractivity contribution >= 4 is 18.3 Å². The van der Waals surface area contributed by atoms with E-state index in [9.17, 15) is 9.18 Å². The molecular weight excluding hydrogens is 343 g/mol. The van der Waals surface area contributed by atoms with Crippen LogP contribution in [0.4, 0.5) is 4.39 Å². The van der Waals surface area contributed by atoms with E-state index >= 15 is 0 Å². The van der Waals surface area contributed by atoms with Crippen molar-refractivity contribution in [2.75, 3.05) is 13.1 Å². The van der Waals surface area contributed by atoms with E-state index < -0.39 is 5.54 Å². The molecule has 0 radical (unpaired) electrons. The third-order valence-corrected chi connectivity index (χ3v) is 4.84. The molecule has 2 aromatic rings. The number of amides is 1. The Morgan fingerprint density at radius 1 is 1.40 bits per heavy atom. The molecule has 2 heterocycles. The number of hydrogen-bond donors (Lipinski definition) is 2. The summed E-state index contributed by atoms with van der Waals surface area (Å²) < 4.78 is 15.6. The van der Waals surface area contributed by atoms with Gasteiger partial charge in [0.2, 0.25) is 5.91 Å². The predicted octanol–water partition coefficient (Wildman–Crippen LogP) is 2.71. The summed E-state index contributed by atoms with van der Waals surface area (Å²) in [5.41, 5.74) is 0.673. The summed E-state index contributed by atoms with van der Waals surface area (Å²) in [5, 5.41) is 10.6. The quantitative estimate of drug-likeness (QED) is 0.874. The fourth-order valence-corrected chi connectivity index (χ4v) is 3.22. The molecule has 1 saturated heterocycles. The number of carbonyl (C=O) groups excluding carboxylic acids is 1. The van der Waals surface area contributed by atoms with Gasteiger partial charge in [-0.15, -0.1) is 12.4 Å². The lowest BCUT2D eigenvalue weighted by atomic mass is 9.87. The summed E-state index contributed by atoms with van der Waals surface area (Å²) in [7, 11) is 0. The van der Waals surface area contributed by atoms with Crippen LogP contribution in [0.5, 0.6) is 0 Å². The van der Waals surface area contributed by atoms with Crippen molar-refractivity contribution in [2.24, 2.45) is 0 Å². The Kier molecular flexibility index (Phi) is 6.19. The van der Waals surface area contributed by atoms with Gasteiger partial charge in [0.05, 0.1) is 6.04 Å². The smallest absolute Gasteiger partial charge is 0.248 e. The molecule has 0 bridgehead atoms. The lowest BCUT2D eigenvalue weighted by Crippen LogP contribution is -2.55. The van der Waals surface area contributed by atoms with Gasteiger partial charge >= 0.3 is 0 Å². The number of carbonyl (C=O) groups is 1. The van der Waals surface area contributed by atoms with E-state index in [4.69, 9.17) is 0 Å². The molecule has 136 valence electrons. The largest absolute Gasteiger partial charge is 0.347 e. The first-order valence-electron chi connectivity index (χ1n) is 8.31. The number of piperidine rings is 1. The van der Waals surface area contributed by atoms with Crippen LogP contribution in [0.3, 0.4) is 0 Å². The average Bonchev–Trinajstić information content (AvgIpc) is 3.13. The number of halogens is 2. The molecule has 1 amide bonds. The normalized spacial score (nSPS) is 17.4. The fraction of sp³-hybridized carbons (Fsp3) is 0.444. The Hall–Kier alpha value is -1.92. The second-order valence-electron chi connectivity index (χ2n) is 6.44. The van der Waals surface area contributed by atoms with Gasteiger partial charge in [-0.25, -0.2) is 4.39 Å². The average molecular weight is 367 g/mol. The van der Waals surface area contributed by atoms with Crippen molar-refractivity contribution in [3.8, 4) is 0 Å². The molecule has 1 aromatic heterocycles. The highest BCUT2D eigenvalue weighted by Crippen LogP contribution is 2.28. The first kappa shape index (κ1) is 19.4. The maximum absolute atomic E-state index is 13.8. The van der Waals surface area contributed by atoms with Gasteiger partial charge in [-0.05, 0) is 63.0 Å². The Morgan fingerprint density at radius 2 is 2.12 bits per heavy atom. The molecule has 0 spiro atoms. The van der Waals surface area contributed by atoms with Crippen LogP contribution in [0.15, 0.2) is 36.7 Å². The van der Waals surface area contributed by atoms with Gasteiger partial charge in [0.25, 0.3) is 0 Å². The Bertz CT molecular complexity index is 714. The van der Waals surface area contributed by atoms with Gasteiger partial charge < -0.3 is 10.6 Å². The van der Waals surface area contributed by atoms with Crippen LogP contribution in [0.25, 0.3) is 0 Å². The van der Waals surface area contributed by atoms with Crippen molar-refractivity contribution in [3.05, 3.63) is 53.6 Å². The van der Waals surface area contributed by atoms with Crippen molar-refractivity contribution in [3.63, 3.8) is 0 Å². The van der Waals surface area contributed by atoms with Crippen LogP contribution >= 0.6 is 12.4 Å². The summed E-state index contributed by atoms with van der Waals surface area (Å²) in [5.74, 6) is -0.321. The number of aryl methyl sites for hydroxylation is 1. The molecule has 1 atom stereocenters. The highest BCUT2D eigenvalue weighted by molar-refractivity contribution is 5.85. The van der Waals surface area contributed by atoms with E-state index in [2.05, 4.69) is 15.7 Å². The number of hydrogen-bond acceptors (Lipinski definition) is 3. The van der Waals surface area contributed by atoms with E-state index in [0.29, 0.717) is 18.4 Å². The minimum absolute atomic E-state index is 0. The molecule has 25 heavy (non-hydrogen) atoms. The summed E-state index contributed by atoms with van der Waals surface area (Å²) in [4.78, 5) is 13.1. The molecule has 1 fully saturated rings. The van der Waals surface area contributed by atoms with Crippen molar-refractivity contribution < 1.29 is 9.18 Å². The van der Waals surface area contributed by atoms with E-state index in [1.54, 1.807) is 23.9 Å². The van der Waals surface area contributed by atoms with Crippen LogP contribution < -0.4 is 10.6 Å². The van der Waals surface area contributed by atoms with E-state index in [1.165, 1.54) is 6.07 Å². The summed E-state index contributed by atoms with van der Waals surface area (Å²) in [6, 6.07) is 6.64. The second-order valence-corrected chi connectivity index (χ2v) is 6.44. The molecule has 0 aliphatic carbocycles. The third kappa shape index (κ3) is 3.85. The highest BCUT2D eigenvalue weighted by atomic mass is 35.5. The molecule has 1 aliphatic rings. The first-order valence-corrected chi connectivity index (χ1v) is 8.31. The maximum atomic E-state index is 13.8. The predicted molar refractivity (Wildman–Crippen MR) is 97.2 cm³/mol. The summed E-state index contributed by atoms with van der Waals surface area (Å²) >= 11 is 0. The molecule has 7 heteroatoms. The standard InChI is InChI=1S/C18H23FN4O.ClH/c1-13-4-5-15(12-16(13)19)14(2)22-17(24)18(6-9-20-10-7-18)23-11-3-8-21-23;/h3-5,8,11-12,14,20H,6-7,9-10H2,1-2H3,(H,22,24);1H. The van der Waals surface area contributed by atoms with Crippen molar-refractivity contribution in [2.45, 2.75) is 38.3 Å². The van der Waals surface area contributed by atoms with E-state index in [0.717, 1.165) is 18.7 Å². The zero-order valence-corrected chi connectivity index (χ0v) is 15.3. The highest BCUT2D eigenvalue weighted by Gasteiger charge is 2.42. The topological polar surface area (TPSA) is 59.0 Å². The van der Waals surface area contributed by atoms with Gasteiger partial charge in [0.1, 0.15) is 11.4 Å². The molecule has 2 N–H and O–H groups in total. The number of benzene rings is 1. The van der Waals surface area contributed by atoms with Crippen LogP contribution in [0.1, 0.15) is 36.9 Å². The Labute approximate surface area is 153 Å². The number of nitrogens with zero attached hydrogens (tertiary/aromatic N) is 2. The van der Waals surface area contributed by atoms with Crippen LogP contribution in [0, 0.1) is 12.7 Å². The Balaban J connectivity index is 0.00000225. The molecular formula is C18H24ClFN4O. The minimum Gasteiger partial charge on any atom is -0.347 e. The number of nitrogens with one attached hydrogen (secondary N) is 2. The fourth-order valence-electron chi connectivity index (χ4n) is 3.22. The maximum Gasteiger partial charge on any atom is 0.248 e. The van der Waals surface area contributed by atoms with Crippen LogP contribution in [0.2, 0.25) is 0 Å². The molecule has 1 unspecified atom stereocenters. The summed E-state index contributed by atoms with van der Waals surface area (Å²) in [6.45, 7) is 5.13. The number of aromatic nitrogens is 2.